The first-order valence-electron chi connectivity index (χ1n) is 24.5. The Morgan fingerprint density at radius 2 is 0.614 bits per heavy atom. The van der Waals surface area contributed by atoms with Gasteiger partial charge in [0.1, 0.15) is 13.2 Å². The van der Waals surface area contributed by atoms with Crippen molar-refractivity contribution < 1.29 is 28.6 Å². The molecule has 1 unspecified atom stereocenters. The lowest BCUT2D eigenvalue weighted by molar-refractivity contribution is -0.167. The van der Waals surface area contributed by atoms with Gasteiger partial charge in [0.25, 0.3) is 0 Å². The van der Waals surface area contributed by atoms with Crippen LogP contribution in [0.4, 0.5) is 0 Å². The van der Waals surface area contributed by atoms with Gasteiger partial charge in [-0.2, -0.15) is 0 Å². The Labute approximate surface area is 353 Å². The highest BCUT2D eigenvalue weighted by Gasteiger charge is 2.19. The highest BCUT2D eigenvalue weighted by molar-refractivity contribution is 5.71. The van der Waals surface area contributed by atoms with Crippen molar-refractivity contribution in [2.24, 2.45) is 0 Å². The van der Waals surface area contributed by atoms with E-state index in [9.17, 15) is 14.4 Å². The van der Waals surface area contributed by atoms with Crippen molar-refractivity contribution in [2.75, 3.05) is 13.2 Å². The van der Waals surface area contributed by atoms with Crippen molar-refractivity contribution in [3.63, 3.8) is 0 Å². The second kappa shape index (κ2) is 46.3. The molecule has 0 aromatic heterocycles. The van der Waals surface area contributed by atoms with E-state index in [2.05, 4.69) is 57.2 Å². The lowest BCUT2D eigenvalue weighted by Crippen LogP contribution is -2.30. The van der Waals surface area contributed by atoms with E-state index >= 15 is 0 Å². The molecule has 332 valence electrons. The summed E-state index contributed by atoms with van der Waals surface area (Å²) in [5.41, 5.74) is 0. The molecule has 0 aliphatic heterocycles. The molecule has 0 aliphatic rings. The molecule has 0 aromatic carbocycles. The molecule has 0 amide bonds. The summed E-state index contributed by atoms with van der Waals surface area (Å²) < 4.78 is 16.7. The molecule has 0 saturated heterocycles. The maximum atomic E-state index is 12.7. The van der Waals surface area contributed by atoms with Crippen LogP contribution in [0.1, 0.15) is 252 Å². The molecule has 1 atom stereocenters. The number of unbranched alkanes of at least 4 members (excludes halogenated alkanes) is 27. The van der Waals surface area contributed by atoms with Gasteiger partial charge in [0.2, 0.25) is 0 Å². The first kappa shape index (κ1) is 54.6. The number of hydrogen-bond acceptors (Lipinski definition) is 6. The largest absolute Gasteiger partial charge is 0.462 e. The van der Waals surface area contributed by atoms with E-state index in [-0.39, 0.29) is 31.1 Å². The van der Waals surface area contributed by atoms with Crippen LogP contribution in [0.3, 0.4) is 0 Å². The van der Waals surface area contributed by atoms with E-state index in [1.165, 1.54) is 128 Å². The molecule has 0 saturated carbocycles. The molecule has 6 heteroatoms. The van der Waals surface area contributed by atoms with Crippen molar-refractivity contribution in [1.82, 2.24) is 0 Å². The topological polar surface area (TPSA) is 78.9 Å². The van der Waals surface area contributed by atoms with Crippen LogP contribution in [-0.4, -0.2) is 37.2 Å². The third-order valence-electron chi connectivity index (χ3n) is 10.6. The van der Waals surface area contributed by atoms with Gasteiger partial charge in [0.15, 0.2) is 6.10 Å². The SMILES string of the molecule is CCC/C=C\CCCCCCCC(=O)OCC(COC(=O)CCCCCCCCC/C=C\CCCCCCCC)OC(=O)CCCCCCC/C=C\CCCCC. The summed E-state index contributed by atoms with van der Waals surface area (Å²) in [4.78, 5) is 37.8. The van der Waals surface area contributed by atoms with Gasteiger partial charge >= 0.3 is 17.9 Å². The Kier molecular flexibility index (Phi) is 44.4. The molecular weight excluding hydrogens is 709 g/mol. The highest BCUT2D eigenvalue weighted by atomic mass is 16.6. The summed E-state index contributed by atoms with van der Waals surface area (Å²) in [7, 11) is 0. The summed E-state index contributed by atoms with van der Waals surface area (Å²) in [6, 6.07) is 0. The molecule has 0 radical (unpaired) electrons. The van der Waals surface area contributed by atoms with Crippen molar-refractivity contribution in [1.29, 1.82) is 0 Å². The third kappa shape index (κ3) is 44.6. The Morgan fingerprint density at radius 3 is 0.982 bits per heavy atom. The predicted molar refractivity (Wildman–Crippen MR) is 242 cm³/mol. The minimum absolute atomic E-state index is 0.0794. The zero-order chi connectivity index (χ0) is 41.5. The quantitative estimate of drug-likeness (QED) is 0.0264. The van der Waals surface area contributed by atoms with E-state index in [0.717, 1.165) is 83.5 Å². The average Bonchev–Trinajstić information content (AvgIpc) is 3.21. The number of hydrogen-bond donors (Lipinski definition) is 0. The highest BCUT2D eigenvalue weighted by Crippen LogP contribution is 2.14. The van der Waals surface area contributed by atoms with Gasteiger partial charge in [-0.15, -0.1) is 0 Å². The number of ether oxygens (including phenoxy) is 3. The van der Waals surface area contributed by atoms with Gasteiger partial charge in [0, 0.05) is 19.3 Å². The second-order valence-corrected chi connectivity index (χ2v) is 16.4. The number of esters is 3. The average molecular weight is 801 g/mol. The van der Waals surface area contributed by atoms with Crippen molar-refractivity contribution in [2.45, 2.75) is 258 Å². The Hall–Kier alpha value is -2.37. The maximum Gasteiger partial charge on any atom is 0.306 e. The number of allylic oxidation sites excluding steroid dienone is 6. The van der Waals surface area contributed by atoms with Crippen LogP contribution in [0, 0.1) is 0 Å². The fraction of sp³-hybridized carbons (Fsp3) is 0.824. The number of carbonyl (C=O) groups excluding carboxylic acids is 3. The zero-order valence-electron chi connectivity index (χ0n) is 37.9. The fourth-order valence-corrected chi connectivity index (χ4v) is 6.84. The van der Waals surface area contributed by atoms with Crippen LogP contribution >= 0.6 is 0 Å². The Bertz CT molecular complexity index is 969. The molecule has 6 nitrogen and oxygen atoms in total. The zero-order valence-corrected chi connectivity index (χ0v) is 37.9. The minimum Gasteiger partial charge on any atom is -0.462 e. The molecule has 0 aliphatic carbocycles. The molecule has 0 heterocycles. The van der Waals surface area contributed by atoms with E-state index in [1.54, 1.807) is 0 Å². The molecule has 0 bridgehead atoms. The van der Waals surface area contributed by atoms with Crippen molar-refractivity contribution in [3.05, 3.63) is 36.5 Å². The first-order chi connectivity index (χ1) is 28.0. The van der Waals surface area contributed by atoms with Crippen LogP contribution in [0.25, 0.3) is 0 Å². The monoisotopic (exact) mass is 801 g/mol. The second-order valence-electron chi connectivity index (χ2n) is 16.4. The third-order valence-corrected chi connectivity index (χ3v) is 10.6. The molecule has 57 heavy (non-hydrogen) atoms. The summed E-state index contributed by atoms with van der Waals surface area (Å²) in [5.74, 6) is -0.900. The van der Waals surface area contributed by atoms with E-state index in [1.807, 2.05) is 0 Å². The molecule has 0 spiro atoms. The van der Waals surface area contributed by atoms with Crippen LogP contribution < -0.4 is 0 Å². The number of carbonyl (C=O) groups is 3. The van der Waals surface area contributed by atoms with E-state index in [4.69, 9.17) is 14.2 Å². The van der Waals surface area contributed by atoms with Crippen molar-refractivity contribution in [3.8, 4) is 0 Å². The smallest absolute Gasteiger partial charge is 0.306 e. The summed E-state index contributed by atoms with van der Waals surface area (Å²) in [5, 5.41) is 0. The molecule has 0 N–H and O–H groups in total. The Morgan fingerprint density at radius 1 is 0.333 bits per heavy atom. The lowest BCUT2D eigenvalue weighted by Gasteiger charge is -2.18. The predicted octanol–water partition coefficient (Wildman–Crippen LogP) is 15.8. The van der Waals surface area contributed by atoms with Crippen LogP contribution in [0.5, 0.6) is 0 Å². The summed E-state index contributed by atoms with van der Waals surface area (Å²) >= 11 is 0. The van der Waals surface area contributed by atoms with Crippen LogP contribution in [0.2, 0.25) is 0 Å². The fourth-order valence-electron chi connectivity index (χ4n) is 6.84. The normalized spacial score (nSPS) is 12.3. The van der Waals surface area contributed by atoms with Gasteiger partial charge in [-0.05, 0) is 89.9 Å². The van der Waals surface area contributed by atoms with Gasteiger partial charge in [-0.25, -0.2) is 0 Å². The number of rotatable bonds is 44. The molecular formula is C51H92O6. The summed E-state index contributed by atoms with van der Waals surface area (Å²) in [6.45, 7) is 6.53. The van der Waals surface area contributed by atoms with Crippen LogP contribution in [0.15, 0.2) is 36.5 Å². The molecule has 0 rings (SSSR count). The molecule has 0 aromatic rings. The van der Waals surface area contributed by atoms with E-state index in [0.29, 0.717) is 19.3 Å². The van der Waals surface area contributed by atoms with Crippen molar-refractivity contribution >= 4 is 17.9 Å². The van der Waals surface area contributed by atoms with Gasteiger partial charge in [-0.3, -0.25) is 14.4 Å². The molecule has 0 fully saturated rings. The van der Waals surface area contributed by atoms with E-state index < -0.39 is 6.10 Å². The lowest BCUT2D eigenvalue weighted by atomic mass is 10.1. The van der Waals surface area contributed by atoms with Crippen LogP contribution in [-0.2, 0) is 28.6 Å². The standard InChI is InChI=1S/C51H92O6/c1-4-7-10-13-16-19-22-24-25-26-27-28-30-32-35-38-41-44-50(53)56-47-48(46-55-49(52)43-40-37-34-31-21-18-15-12-9-6-3)57-51(54)45-42-39-36-33-29-23-20-17-14-11-8-5-2/h12,15,17,20,24-25,48H,4-11,13-14,16,18-19,21-23,26-47H2,1-3H3/b15-12-,20-17-,25-24-. The van der Waals surface area contributed by atoms with Gasteiger partial charge in [0.05, 0.1) is 0 Å². The summed E-state index contributed by atoms with van der Waals surface area (Å²) in [6.07, 6.45) is 52.7. The van der Waals surface area contributed by atoms with Gasteiger partial charge < -0.3 is 14.2 Å². The van der Waals surface area contributed by atoms with Gasteiger partial charge in [-0.1, -0.05) is 179 Å². The first-order valence-corrected chi connectivity index (χ1v) is 24.5. The maximum absolute atomic E-state index is 12.7. The Balaban J connectivity index is 4.33. The minimum atomic E-state index is -0.777.